The highest BCUT2D eigenvalue weighted by Gasteiger charge is 2.43. The maximum absolute atomic E-state index is 12.8. The van der Waals surface area contributed by atoms with Gasteiger partial charge in [-0.1, -0.05) is 12.1 Å². The molecule has 2 bridgehead atoms. The van der Waals surface area contributed by atoms with Crippen LogP contribution in [0.2, 0.25) is 0 Å². The Labute approximate surface area is 181 Å². The van der Waals surface area contributed by atoms with E-state index in [1.807, 2.05) is 18.2 Å². The van der Waals surface area contributed by atoms with Crippen LogP contribution < -0.4 is 10.5 Å². The molecule has 0 amide bonds. The smallest absolute Gasteiger partial charge is 0.290 e. The molecule has 3 atom stereocenters. The number of sulfonamides is 1. The summed E-state index contributed by atoms with van der Waals surface area (Å²) in [7, 11) is -3.65. The average Bonchev–Trinajstić information content (AvgIpc) is 2.97. The maximum Gasteiger partial charge on any atom is 0.290 e. The second kappa shape index (κ2) is 9.87. The van der Waals surface area contributed by atoms with Crippen molar-refractivity contribution in [3.8, 4) is 6.07 Å². The number of nitrogens with one attached hydrogen (secondary N) is 1. The minimum atomic E-state index is -3.65. The van der Waals surface area contributed by atoms with Crippen LogP contribution >= 0.6 is 0 Å². The lowest BCUT2D eigenvalue weighted by Crippen LogP contribution is -2.52. The van der Waals surface area contributed by atoms with E-state index >= 15 is 0 Å². The van der Waals surface area contributed by atoms with Crippen LogP contribution in [0.4, 0.5) is 5.82 Å². The van der Waals surface area contributed by atoms with Crippen LogP contribution in [0.5, 0.6) is 0 Å². The molecule has 164 valence electrons. The Kier molecular flexibility index (Phi) is 7.22. The minimum Gasteiger partial charge on any atom is -0.483 e. The molecule has 10 heteroatoms. The van der Waals surface area contributed by atoms with E-state index in [0.717, 1.165) is 38.0 Å². The molecule has 1 saturated heterocycles. The first-order valence-corrected chi connectivity index (χ1v) is 11.4. The van der Waals surface area contributed by atoms with Gasteiger partial charge in [-0.2, -0.15) is 5.26 Å². The molecular weight excluding hydrogens is 418 g/mol. The summed E-state index contributed by atoms with van der Waals surface area (Å²) >= 11 is 0. The van der Waals surface area contributed by atoms with Gasteiger partial charge in [-0.15, -0.1) is 0 Å². The highest BCUT2D eigenvalue weighted by molar-refractivity contribution is 7.89. The van der Waals surface area contributed by atoms with Gasteiger partial charge >= 0.3 is 0 Å². The van der Waals surface area contributed by atoms with E-state index in [2.05, 4.69) is 14.6 Å². The van der Waals surface area contributed by atoms with Crippen molar-refractivity contribution in [1.82, 2.24) is 14.6 Å². The van der Waals surface area contributed by atoms with Gasteiger partial charge in [0, 0.05) is 37.4 Å². The second-order valence-corrected chi connectivity index (χ2v) is 9.45. The lowest BCUT2D eigenvalue weighted by molar-refractivity contribution is -0.122. The van der Waals surface area contributed by atoms with Crippen LogP contribution in [0, 0.1) is 23.2 Å². The van der Waals surface area contributed by atoms with E-state index in [-0.39, 0.29) is 29.2 Å². The second-order valence-electron chi connectivity index (χ2n) is 7.73. The Morgan fingerprint density at radius 3 is 2.55 bits per heavy atom. The third-order valence-electron chi connectivity index (χ3n) is 5.79. The fourth-order valence-corrected chi connectivity index (χ4v) is 5.87. The van der Waals surface area contributed by atoms with Gasteiger partial charge < -0.3 is 10.8 Å². The van der Waals surface area contributed by atoms with Gasteiger partial charge in [0.2, 0.25) is 10.0 Å². The summed E-state index contributed by atoms with van der Waals surface area (Å²) in [6.07, 6.45) is 3.70. The standard InChI is InChI=1S/C20H23N5O2S.CH2O2/c21-10-14-3-1-5-18(9-14)28(26,27)24-19-15-6-7-16(19)12-25(11-15)13-17-4-2-8-23-20(17)22;2-1-3/h1-5,8-9,15-16,19,24H,6-7,11-13H2,(H2,22,23);1H,(H,2,3)/t15-,16+,19?;. The fourth-order valence-electron chi connectivity index (χ4n) is 4.45. The number of fused-ring (bicyclic) bond motifs is 2. The van der Waals surface area contributed by atoms with Crippen LogP contribution in [0.3, 0.4) is 0 Å². The molecule has 1 aliphatic heterocycles. The van der Waals surface area contributed by atoms with Crippen LogP contribution in [0.15, 0.2) is 47.5 Å². The third-order valence-corrected chi connectivity index (χ3v) is 7.25. The monoisotopic (exact) mass is 443 g/mol. The van der Waals surface area contributed by atoms with Crippen molar-refractivity contribution in [2.45, 2.75) is 30.3 Å². The highest BCUT2D eigenvalue weighted by atomic mass is 32.2. The Morgan fingerprint density at radius 2 is 1.94 bits per heavy atom. The molecule has 2 fully saturated rings. The molecule has 2 aromatic rings. The van der Waals surface area contributed by atoms with Crippen molar-refractivity contribution in [1.29, 1.82) is 5.26 Å². The summed E-state index contributed by atoms with van der Waals surface area (Å²) in [5, 5.41) is 15.9. The SMILES string of the molecule is N#Cc1cccc(S(=O)(=O)NC2[C@@H]3CC[C@H]2CN(Cc2cccnc2N)C3)c1.O=CO. The number of pyridine rings is 1. The van der Waals surface area contributed by atoms with Crippen LogP contribution in [0.1, 0.15) is 24.0 Å². The fraction of sp³-hybridized carbons (Fsp3) is 0.381. The highest BCUT2D eigenvalue weighted by Crippen LogP contribution is 2.38. The molecule has 2 heterocycles. The topological polar surface area (TPSA) is 149 Å². The van der Waals surface area contributed by atoms with Crippen molar-refractivity contribution in [2.24, 2.45) is 11.8 Å². The molecule has 0 spiro atoms. The van der Waals surface area contributed by atoms with Gasteiger partial charge in [0.15, 0.2) is 0 Å². The number of hydrogen-bond acceptors (Lipinski definition) is 7. The summed E-state index contributed by atoms with van der Waals surface area (Å²) in [6.45, 7) is 2.14. The van der Waals surface area contributed by atoms with E-state index in [1.165, 1.54) is 12.1 Å². The molecule has 1 aromatic heterocycles. The van der Waals surface area contributed by atoms with E-state index in [1.54, 1.807) is 18.3 Å². The van der Waals surface area contributed by atoms with E-state index in [9.17, 15) is 8.42 Å². The predicted octanol–water partition coefficient (Wildman–Crippen LogP) is 1.43. The number of benzene rings is 1. The molecule has 1 unspecified atom stereocenters. The molecule has 1 aliphatic carbocycles. The summed E-state index contributed by atoms with van der Waals surface area (Å²) < 4.78 is 28.6. The van der Waals surface area contributed by atoms with E-state index < -0.39 is 10.0 Å². The number of carbonyl (C=O) groups is 1. The number of likely N-dealkylation sites (tertiary alicyclic amines) is 1. The number of nitrogen functional groups attached to an aromatic ring is 1. The summed E-state index contributed by atoms with van der Waals surface area (Å²) in [6, 6.07) is 12.0. The average molecular weight is 444 g/mol. The first kappa shape index (κ1) is 22.7. The Morgan fingerprint density at radius 1 is 1.26 bits per heavy atom. The maximum atomic E-state index is 12.8. The van der Waals surface area contributed by atoms with E-state index in [0.29, 0.717) is 11.4 Å². The Hall–Kier alpha value is -3.00. The third kappa shape index (κ3) is 5.38. The number of rotatable bonds is 5. The zero-order chi connectivity index (χ0) is 22.4. The molecule has 4 N–H and O–H groups in total. The summed E-state index contributed by atoms with van der Waals surface area (Å²) in [5.74, 6) is 1.09. The lowest BCUT2D eigenvalue weighted by atomic mass is 9.93. The van der Waals surface area contributed by atoms with Gasteiger partial charge in [-0.3, -0.25) is 9.69 Å². The van der Waals surface area contributed by atoms with Crippen molar-refractivity contribution in [2.75, 3.05) is 18.8 Å². The number of aromatic nitrogens is 1. The first-order valence-electron chi connectivity index (χ1n) is 9.90. The lowest BCUT2D eigenvalue weighted by Gasteiger charge is -2.38. The quantitative estimate of drug-likeness (QED) is 0.587. The summed E-state index contributed by atoms with van der Waals surface area (Å²) in [5.41, 5.74) is 7.32. The van der Waals surface area contributed by atoms with Gasteiger partial charge in [-0.25, -0.2) is 18.1 Å². The van der Waals surface area contributed by atoms with Crippen molar-refractivity contribution in [3.63, 3.8) is 0 Å². The molecule has 1 saturated carbocycles. The minimum absolute atomic E-state index is 0.0711. The molecular formula is C21H25N5O4S. The zero-order valence-corrected chi connectivity index (χ0v) is 17.7. The number of carboxylic acid groups (broad SMARTS) is 1. The van der Waals surface area contributed by atoms with Crippen LogP contribution in [-0.2, 0) is 21.4 Å². The Bertz CT molecular complexity index is 1060. The molecule has 1 aromatic carbocycles. The number of anilines is 1. The number of nitrogens with zero attached hydrogens (tertiary/aromatic N) is 3. The Balaban J connectivity index is 0.000000858. The van der Waals surface area contributed by atoms with Gasteiger partial charge in [-0.05, 0) is 48.9 Å². The molecule has 31 heavy (non-hydrogen) atoms. The zero-order valence-electron chi connectivity index (χ0n) is 16.9. The largest absolute Gasteiger partial charge is 0.483 e. The van der Waals surface area contributed by atoms with Gasteiger partial charge in [0.05, 0.1) is 16.5 Å². The normalized spacial score (nSPS) is 22.7. The number of nitrogens with two attached hydrogens (primary N) is 1. The number of piperidine rings is 1. The molecule has 0 radical (unpaired) electrons. The van der Waals surface area contributed by atoms with Gasteiger partial charge in [0.1, 0.15) is 5.82 Å². The van der Waals surface area contributed by atoms with Crippen molar-refractivity contribution in [3.05, 3.63) is 53.7 Å². The van der Waals surface area contributed by atoms with Crippen LogP contribution in [-0.4, -0.2) is 49.0 Å². The molecule has 4 rings (SSSR count). The van der Waals surface area contributed by atoms with E-state index in [4.69, 9.17) is 20.9 Å². The molecule has 9 nitrogen and oxygen atoms in total. The first-order chi connectivity index (χ1) is 14.9. The van der Waals surface area contributed by atoms with Crippen molar-refractivity contribution < 1.29 is 18.3 Å². The summed E-state index contributed by atoms with van der Waals surface area (Å²) in [4.78, 5) is 15.0. The number of nitriles is 1. The van der Waals surface area contributed by atoms with Crippen LogP contribution in [0.25, 0.3) is 0 Å². The molecule has 2 aliphatic rings. The number of hydrogen-bond donors (Lipinski definition) is 3. The predicted molar refractivity (Wildman–Crippen MR) is 114 cm³/mol. The van der Waals surface area contributed by atoms with Crippen molar-refractivity contribution >= 4 is 22.3 Å². The van der Waals surface area contributed by atoms with Gasteiger partial charge in [0.25, 0.3) is 6.47 Å².